The Labute approximate surface area is 63.1 Å². The molecule has 58 valence electrons. The van der Waals surface area contributed by atoms with Gasteiger partial charge in [0.05, 0.1) is 0 Å². The van der Waals surface area contributed by atoms with Crippen LogP contribution in [0, 0.1) is 5.92 Å². The van der Waals surface area contributed by atoms with Crippen LogP contribution in [0.4, 0.5) is 0 Å². The molecule has 0 aromatic rings. The van der Waals surface area contributed by atoms with E-state index in [1.165, 1.54) is 0 Å². The van der Waals surface area contributed by atoms with Crippen molar-refractivity contribution in [1.82, 2.24) is 0 Å². The van der Waals surface area contributed by atoms with Crippen molar-refractivity contribution in [1.29, 1.82) is 0 Å². The summed E-state index contributed by atoms with van der Waals surface area (Å²) in [4.78, 5) is 0. The van der Waals surface area contributed by atoms with Crippen molar-refractivity contribution in [2.24, 2.45) is 5.92 Å². The van der Waals surface area contributed by atoms with Gasteiger partial charge in [0.25, 0.3) is 0 Å². The maximum absolute atomic E-state index is 8.52. The summed E-state index contributed by atoms with van der Waals surface area (Å²) in [5, 5.41) is 8.52. The first-order valence-corrected chi connectivity index (χ1v) is 3.69. The summed E-state index contributed by atoms with van der Waals surface area (Å²) in [7, 11) is 0. The molecule has 0 aromatic heterocycles. The smallest absolute Gasteiger partial charge is 0.0431 e. The average molecular weight is 140 g/mol. The van der Waals surface area contributed by atoms with Gasteiger partial charge in [-0.1, -0.05) is 12.2 Å². The van der Waals surface area contributed by atoms with Crippen molar-refractivity contribution in [2.45, 2.75) is 19.3 Å². The van der Waals surface area contributed by atoms with E-state index in [0.29, 0.717) is 5.92 Å². The summed E-state index contributed by atoms with van der Waals surface area (Å²) in [5.74, 6) is 0.504. The minimum absolute atomic E-state index is 0.279. The number of allylic oxidation sites excluding steroid dienone is 2. The lowest BCUT2D eigenvalue weighted by Gasteiger charge is -2.06. The number of hydrogen-bond donors (Lipinski definition) is 1. The molecule has 0 aliphatic heterocycles. The second kappa shape index (κ2) is 6.56. The first-order chi connectivity index (χ1) is 4.85. The van der Waals surface area contributed by atoms with Gasteiger partial charge in [-0.15, -0.1) is 13.2 Å². The first kappa shape index (κ1) is 9.44. The molecule has 1 N–H and O–H groups in total. The Morgan fingerprint density at radius 1 is 1.40 bits per heavy atom. The quantitative estimate of drug-likeness (QED) is 0.560. The van der Waals surface area contributed by atoms with Crippen molar-refractivity contribution in [2.75, 3.05) is 6.61 Å². The zero-order valence-electron chi connectivity index (χ0n) is 6.42. The molecule has 1 unspecified atom stereocenters. The van der Waals surface area contributed by atoms with E-state index < -0.39 is 0 Å². The predicted molar refractivity (Wildman–Crippen MR) is 44.8 cm³/mol. The Kier molecular flexibility index (Phi) is 6.19. The number of hydrogen-bond acceptors (Lipinski definition) is 1. The molecule has 0 bridgehead atoms. The summed E-state index contributed by atoms with van der Waals surface area (Å²) in [6.07, 6.45) is 6.68. The van der Waals surface area contributed by atoms with E-state index >= 15 is 0 Å². The molecule has 10 heavy (non-hydrogen) atoms. The Bertz CT molecular complexity index is 96.9. The fraction of sp³-hybridized carbons (Fsp3) is 0.556. The molecule has 0 radical (unpaired) electrons. The molecule has 0 spiro atoms. The van der Waals surface area contributed by atoms with Crippen LogP contribution >= 0.6 is 0 Å². The van der Waals surface area contributed by atoms with Gasteiger partial charge in [0.1, 0.15) is 0 Å². The molecule has 0 aliphatic rings. The van der Waals surface area contributed by atoms with Crippen molar-refractivity contribution < 1.29 is 5.11 Å². The summed E-state index contributed by atoms with van der Waals surface area (Å²) >= 11 is 0. The molecule has 0 aliphatic carbocycles. The third kappa shape index (κ3) is 4.33. The van der Waals surface area contributed by atoms with Crippen molar-refractivity contribution in [3.8, 4) is 0 Å². The van der Waals surface area contributed by atoms with E-state index in [0.717, 1.165) is 19.3 Å². The van der Waals surface area contributed by atoms with Gasteiger partial charge in [0, 0.05) is 6.61 Å². The Hall–Kier alpha value is -0.560. The van der Waals surface area contributed by atoms with Crippen LogP contribution in [0.25, 0.3) is 0 Å². The van der Waals surface area contributed by atoms with Crippen LogP contribution in [0.1, 0.15) is 19.3 Å². The van der Waals surface area contributed by atoms with Gasteiger partial charge >= 0.3 is 0 Å². The predicted octanol–water partition coefficient (Wildman–Crippen LogP) is 2.14. The maximum Gasteiger partial charge on any atom is 0.0431 e. The molecule has 0 rings (SSSR count). The van der Waals surface area contributed by atoms with Crippen molar-refractivity contribution >= 4 is 0 Å². The fourth-order valence-corrected chi connectivity index (χ4v) is 0.899. The van der Waals surface area contributed by atoms with Gasteiger partial charge in [-0.05, 0) is 25.2 Å². The van der Waals surface area contributed by atoms with E-state index in [9.17, 15) is 0 Å². The van der Waals surface area contributed by atoms with Gasteiger partial charge in [-0.25, -0.2) is 0 Å². The molecule has 0 heterocycles. The molecule has 1 heteroatoms. The Morgan fingerprint density at radius 2 is 2.10 bits per heavy atom. The SMILES string of the molecule is C=CCC(C=C)CCCO. The van der Waals surface area contributed by atoms with E-state index in [1.54, 1.807) is 0 Å². The topological polar surface area (TPSA) is 20.2 Å². The zero-order chi connectivity index (χ0) is 7.82. The summed E-state index contributed by atoms with van der Waals surface area (Å²) in [6, 6.07) is 0. The standard InChI is InChI=1S/C9H16O/c1-3-6-9(4-2)7-5-8-10/h3-4,9-10H,1-2,5-8H2. The van der Waals surface area contributed by atoms with E-state index in [2.05, 4.69) is 13.2 Å². The molecule has 0 aromatic carbocycles. The van der Waals surface area contributed by atoms with Crippen LogP contribution in [-0.4, -0.2) is 11.7 Å². The van der Waals surface area contributed by atoms with Gasteiger partial charge in [-0.2, -0.15) is 0 Å². The highest BCUT2D eigenvalue weighted by molar-refractivity contribution is 4.84. The number of rotatable bonds is 6. The normalized spacial score (nSPS) is 12.5. The van der Waals surface area contributed by atoms with Crippen LogP contribution in [0.5, 0.6) is 0 Å². The Morgan fingerprint density at radius 3 is 2.50 bits per heavy atom. The highest BCUT2D eigenvalue weighted by Gasteiger charge is 1.99. The second-order valence-electron chi connectivity index (χ2n) is 2.39. The molecule has 0 amide bonds. The lowest BCUT2D eigenvalue weighted by Crippen LogP contribution is -1.95. The number of aliphatic hydroxyl groups is 1. The van der Waals surface area contributed by atoms with Crippen LogP contribution in [0.15, 0.2) is 25.3 Å². The molecule has 1 atom stereocenters. The minimum Gasteiger partial charge on any atom is -0.396 e. The molecule has 0 saturated heterocycles. The van der Waals surface area contributed by atoms with Gasteiger partial charge in [0.2, 0.25) is 0 Å². The third-order valence-corrected chi connectivity index (χ3v) is 1.54. The van der Waals surface area contributed by atoms with Gasteiger partial charge in [0.15, 0.2) is 0 Å². The summed E-state index contributed by atoms with van der Waals surface area (Å²) in [6.45, 7) is 7.63. The van der Waals surface area contributed by atoms with Crippen LogP contribution in [-0.2, 0) is 0 Å². The third-order valence-electron chi connectivity index (χ3n) is 1.54. The van der Waals surface area contributed by atoms with Gasteiger partial charge in [-0.3, -0.25) is 0 Å². The molecule has 0 saturated carbocycles. The monoisotopic (exact) mass is 140 g/mol. The Balaban J connectivity index is 3.38. The summed E-state index contributed by atoms with van der Waals surface area (Å²) in [5.41, 5.74) is 0. The van der Waals surface area contributed by atoms with Crippen LogP contribution < -0.4 is 0 Å². The molecule has 0 fully saturated rings. The lowest BCUT2D eigenvalue weighted by molar-refractivity contribution is 0.277. The largest absolute Gasteiger partial charge is 0.396 e. The zero-order valence-corrected chi connectivity index (χ0v) is 6.42. The number of aliphatic hydroxyl groups excluding tert-OH is 1. The lowest BCUT2D eigenvalue weighted by atomic mass is 10.0. The molecule has 1 nitrogen and oxygen atoms in total. The van der Waals surface area contributed by atoms with Crippen molar-refractivity contribution in [3.63, 3.8) is 0 Å². The van der Waals surface area contributed by atoms with E-state index in [-0.39, 0.29) is 6.61 Å². The molecular weight excluding hydrogens is 124 g/mol. The van der Waals surface area contributed by atoms with Gasteiger partial charge < -0.3 is 5.11 Å². The molecular formula is C9H16O. The average Bonchev–Trinajstić information content (AvgIpc) is 1.98. The van der Waals surface area contributed by atoms with Crippen LogP contribution in [0.2, 0.25) is 0 Å². The highest BCUT2D eigenvalue weighted by atomic mass is 16.2. The first-order valence-electron chi connectivity index (χ1n) is 3.69. The second-order valence-corrected chi connectivity index (χ2v) is 2.39. The minimum atomic E-state index is 0.279. The summed E-state index contributed by atoms with van der Waals surface area (Å²) < 4.78 is 0. The van der Waals surface area contributed by atoms with Crippen molar-refractivity contribution in [3.05, 3.63) is 25.3 Å². The highest BCUT2D eigenvalue weighted by Crippen LogP contribution is 2.11. The van der Waals surface area contributed by atoms with E-state index in [1.807, 2.05) is 12.2 Å². The maximum atomic E-state index is 8.52. The van der Waals surface area contributed by atoms with Crippen LogP contribution in [0.3, 0.4) is 0 Å². The fourth-order valence-electron chi connectivity index (χ4n) is 0.899. The van der Waals surface area contributed by atoms with E-state index in [4.69, 9.17) is 5.11 Å².